The third-order valence-corrected chi connectivity index (χ3v) is 3.78. The van der Waals surface area contributed by atoms with Crippen LogP contribution in [0.1, 0.15) is 31.2 Å². The van der Waals surface area contributed by atoms with Crippen molar-refractivity contribution in [2.75, 3.05) is 12.4 Å². The van der Waals surface area contributed by atoms with Gasteiger partial charge in [0.2, 0.25) is 0 Å². The van der Waals surface area contributed by atoms with Crippen LogP contribution in [0.15, 0.2) is 24.3 Å². The minimum atomic E-state index is -0.401. The van der Waals surface area contributed by atoms with Crippen molar-refractivity contribution in [2.45, 2.75) is 44.8 Å². The maximum atomic E-state index is 12.2. The molecule has 1 fully saturated rings. The average molecular weight is 262 g/mol. The highest BCUT2D eigenvalue weighted by atomic mass is 16.3. The first-order valence-corrected chi connectivity index (χ1v) is 6.86. The smallest absolute Gasteiger partial charge is 0.321 e. The Bertz CT molecular complexity index is 448. The zero-order valence-electron chi connectivity index (χ0n) is 11.6. The maximum Gasteiger partial charge on any atom is 0.321 e. The fraction of sp³-hybridized carbons (Fsp3) is 0.533. The van der Waals surface area contributed by atoms with Gasteiger partial charge in [-0.05, 0) is 37.5 Å². The van der Waals surface area contributed by atoms with Crippen LogP contribution in [-0.2, 0) is 0 Å². The van der Waals surface area contributed by atoms with Gasteiger partial charge in [-0.2, -0.15) is 0 Å². The molecule has 0 radical (unpaired) electrons. The SMILES string of the molecule is Cc1cccc(NC(=O)N(C)C2CCCCC2O)c1. The number of benzene rings is 1. The van der Waals surface area contributed by atoms with Gasteiger partial charge in [-0.3, -0.25) is 0 Å². The first kappa shape index (κ1) is 13.9. The molecule has 0 saturated heterocycles. The lowest BCUT2D eigenvalue weighted by molar-refractivity contribution is 0.0494. The molecule has 2 rings (SSSR count). The van der Waals surface area contributed by atoms with Gasteiger partial charge in [-0.1, -0.05) is 25.0 Å². The number of aliphatic hydroxyl groups is 1. The van der Waals surface area contributed by atoms with Crippen molar-refractivity contribution in [3.8, 4) is 0 Å². The number of nitrogens with one attached hydrogen (secondary N) is 1. The largest absolute Gasteiger partial charge is 0.391 e. The van der Waals surface area contributed by atoms with E-state index in [2.05, 4.69) is 5.32 Å². The number of amides is 2. The monoisotopic (exact) mass is 262 g/mol. The van der Waals surface area contributed by atoms with Gasteiger partial charge in [-0.15, -0.1) is 0 Å². The fourth-order valence-electron chi connectivity index (χ4n) is 2.63. The highest BCUT2D eigenvalue weighted by Crippen LogP contribution is 2.23. The third kappa shape index (κ3) is 3.47. The number of nitrogens with zero attached hydrogens (tertiary/aromatic N) is 1. The number of likely N-dealkylation sites (N-methyl/N-ethyl adjacent to an activating group) is 1. The van der Waals surface area contributed by atoms with Gasteiger partial charge < -0.3 is 15.3 Å². The Labute approximate surface area is 114 Å². The number of hydrogen-bond acceptors (Lipinski definition) is 2. The molecule has 1 aromatic rings. The summed E-state index contributed by atoms with van der Waals surface area (Å²) < 4.78 is 0. The molecule has 4 nitrogen and oxygen atoms in total. The van der Waals surface area contributed by atoms with E-state index in [1.807, 2.05) is 31.2 Å². The molecule has 0 aliphatic heterocycles. The van der Waals surface area contributed by atoms with Crippen LogP contribution in [0.4, 0.5) is 10.5 Å². The normalized spacial score (nSPS) is 22.9. The number of aliphatic hydroxyl groups excluding tert-OH is 1. The Morgan fingerprint density at radius 2 is 2.11 bits per heavy atom. The quantitative estimate of drug-likeness (QED) is 0.861. The van der Waals surface area contributed by atoms with Crippen LogP contribution in [0.2, 0.25) is 0 Å². The Balaban J connectivity index is 1.99. The first-order chi connectivity index (χ1) is 9.08. The number of carbonyl (C=O) groups excluding carboxylic acids is 1. The molecule has 2 atom stereocenters. The van der Waals surface area contributed by atoms with Crippen molar-refractivity contribution < 1.29 is 9.90 Å². The number of aryl methyl sites for hydroxylation is 1. The molecule has 1 saturated carbocycles. The van der Waals surface area contributed by atoms with Gasteiger partial charge in [0.15, 0.2) is 0 Å². The molecule has 1 aromatic carbocycles. The zero-order chi connectivity index (χ0) is 13.8. The zero-order valence-corrected chi connectivity index (χ0v) is 11.6. The summed E-state index contributed by atoms with van der Waals surface area (Å²) in [5.74, 6) is 0. The predicted octanol–water partition coefficient (Wildman–Crippen LogP) is 2.76. The Kier molecular flexibility index (Phi) is 4.43. The summed E-state index contributed by atoms with van der Waals surface area (Å²) >= 11 is 0. The van der Waals surface area contributed by atoms with E-state index >= 15 is 0 Å². The van der Waals surface area contributed by atoms with E-state index in [0.717, 1.165) is 36.9 Å². The molecular weight excluding hydrogens is 240 g/mol. The van der Waals surface area contributed by atoms with Crippen LogP contribution in [0.3, 0.4) is 0 Å². The molecule has 0 heterocycles. The molecule has 2 amide bonds. The summed E-state index contributed by atoms with van der Waals surface area (Å²) in [5, 5.41) is 12.9. The topological polar surface area (TPSA) is 52.6 Å². The summed E-state index contributed by atoms with van der Waals surface area (Å²) in [6.07, 6.45) is 3.38. The molecule has 0 aromatic heterocycles. The summed E-state index contributed by atoms with van der Waals surface area (Å²) in [4.78, 5) is 13.8. The van der Waals surface area contributed by atoms with E-state index in [1.54, 1.807) is 11.9 Å². The second kappa shape index (κ2) is 6.06. The van der Waals surface area contributed by atoms with Crippen molar-refractivity contribution >= 4 is 11.7 Å². The maximum absolute atomic E-state index is 12.2. The van der Waals surface area contributed by atoms with E-state index < -0.39 is 6.10 Å². The van der Waals surface area contributed by atoms with Gasteiger partial charge >= 0.3 is 6.03 Å². The summed E-state index contributed by atoms with van der Waals surface area (Å²) in [6.45, 7) is 1.99. The lowest BCUT2D eigenvalue weighted by Crippen LogP contribution is -2.47. The minimum absolute atomic E-state index is 0.0708. The number of carbonyl (C=O) groups is 1. The van der Waals surface area contributed by atoms with E-state index in [9.17, 15) is 9.90 Å². The van der Waals surface area contributed by atoms with E-state index in [4.69, 9.17) is 0 Å². The molecule has 104 valence electrons. The van der Waals surface area contributed by atoms with Crippen LogP contribution >= 0.6 is 0 Å². The third-order valence-electron chi connectivity index (χ3n) is 3.78. The average Bonchev–Trinajstić information content (AvgIpc) is 2.38. The van der Waals surface area contributed by atoms with E-state index in [-0.39, 0.29) is 12.1 Å². The van der Waals surface area contributed by atoms with Crippen molar-refractivity contribution in [3.05, 3.63) is 29.8 Å². The first-order valence-electron chi connectivity index (χ1n) is 6.86. The predicted molar refractivity (Wildman–Crippen MR) is 76.2 cm³/mol. The van der Waals surface area contributed by atoms with Gasteiger partial charge in [0.25, 0.3) is 0 Å². The Morgan fingerprint density at radius 3 is 2.79 bits per heavy atom. The standard InChI is InChI=1S/C15H22N2O2/c1-11-6-5-7-12(10-11)16-15(19)17(2)13-8-3-4-9-14(13)18/h5-7,10,13-14,18H,3-4,8-9H2,1-2H3,(H,16,19). The van der Waals surface area contributed by atoms with Crippen molar-refractivity contribution in [1.29, 1.82) is 0 Å². The Hall–Kier alpha value is -1.55. The number of hydrogen-bond donors (Lipinski definition) is 2. The molecule has 1 aliphatic carbocycles. The van der Waals surface area contributed by atoms with Crippen molar-refractivity contribution in [1.82, 2.24) is 4.90 Å². The molecule has 2 unspecified atom stereocenters. The van der Waals surface area contributed by atoms with Gasteiger partial charge in [0.05, 0.1) is 12.1 Å². The fourth-order valence-corrected chi connectivity index (χ4v) is 2.63. The Morgan fingerprint density at radius 1 is 1.37 bits per heavy atom. The minimum Gasteiger partial charge on any atom is -0.391 e. The van der Waals surface area contributed by atoms with Crippen molar-refractivity contribution in [3.63, 3.8) is 0 Å². The van der Waals surface area contributed by atoms with Crippen LogP contribution in [0, 0.1) is 6.92 Å². The molecule has 0 bridgehead atoms. The van der Waals surface area contributed by atoms with E-state index in [0.29, 0.717) is 0 Å². The summed E-state index contributed by atoms with van der Waals surface area (Å²) in [5.41, 5.74) is 1.90. The number of rotatable bonds is 2. The molecule has 1 aliphatic rings. The van der Waals surface area contributed by atoms with Gasteiger partial charge in [-0.25, -0.2) is 4.79 Å². The number of anilines is 1. The summed E-state index contributed by atoms with van der Waals surface area (Å²) in [6, 6.07) is 7.49. The van der Waals surface area contributed by atoms with Crippen molar-refractivity contribution in [2.24, 2.45) is 0 Å². The van der Waals surface area contributed by atoms with Crippen LogP contribution in [0.5, 0.6) is 0 Å². The van der Waals surface area contributed by atoms with E-state index in [1.165, 1.54) is 0 Å². The highest BCUT2D eigenvalue weighted by Gasteiger charge is 2.29. The molecule has 4 heteroatoms. The van der Waals surface area contributed by atoms with Crippen LogP contribution < -0.4 is 5.32 Å². The molecule has 2 N–H and O–H groups in total. The van der Waals surface area contributed by atoms with Crippen LogP contribution in [0.25, 0.3) is 0 Å². The van der Waals surface area contributed by atoms with Crippen LogP contribution in [-0.4, -0.2) is 35.2 Å². The second-order valence-electron chi connectivity index (χ2n) is 5.33. The highest BCUT2D eigenvalue weighted by molar-refractivity contribution is 5.89. The molecule has 19 heavy (non-hydrogen) atoms. The van der Waals surface area contributed by atoms with Gasteiger partial charge in [0, 0.05) is 12.7 Å². The number of urea groups is 1. The lowest BCUT2D eigenvalue weighted by Gasteiger charge is -2.35. The lowest BCUT2D eigenvalue weighted by atomic mass is 9.92. The summed E-state index contributed by atoms with van der Waals surface area (Å²) in [7, 11) is 1.75. The van der Waals surface area contributed by atoms with Gasteiger partial charge in [0.1, 0.15) is 0 Å². The molecule has 0 spiro atoms. The second-order valence-corrected chi connectivity index (χ2v) is 5.33. The molecular formula is C15H22N2O2.